The molecule has 0 fully saturated rings. The zero-order chi connectivity index (χ0) is 14.3. The Hall–Kier alpha value is -0.530. The van der Waals surface area contributed by atoms with Crippen LogP contribution < -0.4 is 5.32 Å². The third kappa shape index (κ3) is 5.97. The van der Waals surface area contributed by atoms with Gasteiger partial charge in [-0.25, -0.2) is 4.98 Å². The van der Waals surface area contributed by atoms with Crippen LogP contribution in [-0.2, 0) is 15.0 Å². The van der Waals surface area contributed by atoms with E-state index in [0.717, 1.165) is 5.01 Å². The van der Waals surface area contributed by atoms with E-state index in [1.807, 2.05) is 26.2 Å². The van der Waals surface area contributed by atoms with Crippen LogP contribution in [0.1, 0.15) is 25.8 Å². The van der Waals surface area contributed by atoms with Gasteiger partial charge in [0.05, 0.1) is 31.0 Å². The van der Waals surface area contributed by atoms with Gasteiger partial charge in [-0.1, -0.05) is 0 Å². The Bertz CT molecular complexity index is 344. The minimum Gasteiger partial charge on any atom is -0.389 e. The highest BCUT2D eigenvalue weighted by atomic mass is 32.1. The second-order valence-electron chi connectivity index (χ2n) is 5.10. The Balaban J connectivity index is 2.28. The summed E-state index contributed by atoms with van der Waals surface area (Å²) in [5, 5.41) is 16.1. The summed E-state index contributed by atoms with van der Waals surface area (Å²) in [6, 6.07) is 0. The van der Waals surface area contributed by atoms with E-state index in [2.05, 4.69) is 10.3 Å². The predicted octanol–water partition coefficient (Wildman–Crippen LogP) is 1.38. The number of aliphatic hydroxyl groups excluding tert-OH is 1. The van der Waals surface area contributed by atoms with Crippen LogP contribution in [0.2, 0.25) is 0 Å². The van der Waals surface area contributed by atoms with Crippen molar-refractivity contribution in [3.8, 4) is 0 Å². The number of thiazole rings is 1. The lowest BCUT2D eigenvalue weighted by Gasteiger charge is -2.26. The first-order valence-corrected chi connectivity index (χ1v) is 7.27. The van der Waals surface area contributed by atoms with Crippen LogP contribution in [0.4, 0.5) is 0 Å². The van der Waals surface area contributed by atoms with Crippen molar-refractivity contribution in [3.63, 3.8) is 0 Å². The van der Waals surface area contributed by atoms with Crippen LogP contribution in [-0.4, -0.2) is 49.2 Å². The van der Waals surface area contributed by atoms with Crippen LogP contribution in [0, 0.1) is 0 Å². The fourth-order valence-corrected chi connectivity index (χ4v) is 2.34. The van der Waals surface area contributed by atoms with Gasteiger partial charge in [0.2, 0.25) is 0 Å². The largest absolute Gasteiger partial charge is 0.389 e. The molecule has 19 heavy (non-hydrogen) atoms. The first kappa shape index (κ1) is 16.5. The molecular formula is C13H24N2O3S. The standard InChI is InChI=1S/C13H24N2O3S/c1-10(8-17-4)18-9-11(16)7-15-13(2,3)12-14-5-6-19-12/h5-6,10-11,15-16H,7-9H2,1-4H3/t10-,11+/m0/s1. The molecule has 0 aliphatic rings. The van der Waals surface area contributed by atoms with Gasteiger partial charge in [-0.3, -0.25) is 0 Å². The molecule has 0 amide bonds. The lowest BCUT2D eigenvalue weighted by Crippen LogP contribution is -2.42. The summed E-state index contributed by atoms with van der Waals surface area (Å²) in [7, 11) is 1.63. The zero-order valence-corrected chi connectivity index (χ0v) is 12.9. The highest BCUT2D eigenvalue weighted by Gasteiger charge is 2.23. The van der Waals surface area contributed by atoms with Gasteiger partial charge in [-0.15, -0.1) is 11.3 Å². The van der Waals surface area contributed by atoms with E-state index in [0.29, 0.717) is 19.8 Å². The molecule has 2 N–H and O–H groups in total. The molecule has 0 aromatic carbocycles. The molecule has 0 spiro atoms. The number of hydrogen-bond donors (Lipinski definition) is 2. The van der Waals surface area contributed by atoms with Gasteiger partial charge in [0.1, 0.15) is 5.01 Å². The minimum atomic E-state index is -0.543. The summed E-state index contributed by atoms with van der Waals surface area (Å²) in [6.45, 7) is 7.31. The lowest BCUT2D eigenvalue weighted by molar-refractivity contribution is -0.0324. The molecule has 5 nitrogen and oxygen atoms in total. The molecule has 0 saturated carbocycles. The smallest absolute Gasteiger partial charge is 0.112 e. The summed E-state index contributed by atoms with van der Waals surface area (Å²) in [6.07, 6.45) is 1.24. The van der Waals surface area contributed by atoms with E-state index in [9.17, 15) is 5.11 Å². The van der Waals surface area contributed by atoms with Gasteiger partial charge >= 0.3 is 0 Å². The molecule has 1 aromatic heterocycles. The van der Waals surface area contributed by atoms with Crippen molar-refractivity contribution in [1.29, 1.82) is 0 Å². The van der Waals surface area contributed by atoms with Crippen LogP contribution >= 0.6 is 11.3 Å². The first-order chi connectivity index (χ1) is 8.95. The second-order valence-corrected chi connectivity index (χ2v) is 5.99. The number of nitrogens with one attached hydrogen (secondary N) is 1. The topological polar surface area (TPSA) is 63.6 Å². The normalized spacial score (nSPS) is 15.4. The van der Waals surface area contributed by atoms with E-state index in [1.165, 1.54) is 0 Å². The molecule has 0 bridgehead atoms. The molecule has 0 radical (unpaired) electrons. The van der Waals surface area contributed by atoms with Gasteiger partial charge in [0, 0.05) is 25.2 Å². The average molecular weight is 288 g/mol. The number of hydrogen-bond acceptors (Lipinski definition) is 6. The molecule has 6 heteroatoms. The van der Waals surface area contributed by atoms with Crippen LogP contribution in [0.5, 0.6) is 0 Å². The Labute approximate surface area is 119 Å². The SMILES string of the molecule is COC[C@H](C)OC[C@H](O)CNC(C)(C)c1nccs1. The van der Waals surface area contributed by atoms with E-state index in [-0.39, 0.29) is 11.6 Å². The fraction of sp³-hybridized carbons (Fsp3) is 0.769. The van der Waals surface area contributed by atoms with E-state index in [1.54, 1.807) is 24.6 Å². The maximum Gasteiger partial charge on any atom is 0.112 e. The quantitative estimate of drug-likeness (QED) is 0.719. The highest BCUT2D eigenvalue weighted by molar-refractivity contribution is 7.09. The molecule has 2 atom stereocenters. The summed E-state index contributed by atoms with van der Waals surface area (Å²) in [4.78, 5) is 4.29. The van der Waals surface area contributed by atoms with Crippen LogP contribution in [0.25, 0.3) is 0 Å². The second kappa shape index (κ2) is 7.91. The molecule has 110 valence electrons. The molecule has 0 aliphatic heterocycles. The average Bonchev–Trinajstić information content (AvgIpc) is 2.89. The lowest BCUT2D eigenvalue weighted by atomic mass is 10.1. The number of nitrogens with zero attached hydrogens (tertiary/aromatic N) is 1. The summed E-state index contributed by atoms with van der Waals surface area (Å²) in [5.41, 5.74) is -0.243. The van der Waals surface area contributed by atoms with Gasteiger partial charge in [-0.2, -0.15) is 0 Å². The zero-order valence-electron chi connectivity index (χ0n) is 12.0. The van der Waals surface area contributed by atoms with Crippen molar-refractivity contribution in [2.45, 2.75) is 38.5 Å². The van der Waals surface area contributed by atoms with Crippen molar-refractivity contribution in [3.05, 3.63) is 16.6 Å². The van der Waals surface area contributed by atoms with Gasteiger partial charge < -0.3 is 19.9 Å². The van der Waals surface area contributed by atoms with Crippen molar-refractivity contribution < 1.29 is 14.6 Å². The van der Waals surface area contributed by atoms with Gasteiger partial charge in [-0.05, 0) is 20.8 Å². The Morgan fingerprint density at radius 2 is 2.21 bits per heavy atom. The third-order valence-corrected chi connectivity index (χ3v) is 3.82. The maximum absolute atomic E-state index is 9.88. The van der Waals surface area contributed by atoms with Crippen molar-refractivity contribution >= 4 is 11.3 Å². The Kier molecular flexibility index (Phi) is 6.88. The number of rotatable bonds is 9. The van der Waals surface area contributed by atoms with Gasteiger partial charge in [0.25, 0.3) is 0 Å². The van der Waals surface area contributed by atoms with Crippen LogP contribution in [0.3, 0.4) is 0 Å². The van der Waals surface area contributed by atoms with Crippen molar-refractivity contribution in [2.75, 3.05) is 26.9 Å². The number of aromatic nitrogens is 1. The predicted molar refractivity (Wildman–Crippen MR) is 76.4 cm³/mol. The molecular weight excluding hydrogens is 264 g/mol. The van der Waals surface area contributed by atoms with Crippen molar-refractivity contribution in [2.24, 2.45) is 0 Å². The fourth-order valence-electron chi connectivity index (χ4n) is 1.60. The third-order valence-electron chi connectivity index (χ3n) is 2.72. The number of methoxy groups -OCH3 is 1. The summed E-state index contributed by atoms with van der Waals surface area (Å²) < 4.78 is 10.4. The Morgan fingerprint density at radius 3 is 2.79 bits per heavy atom. The number of aliphatic hydroxyl groups is 1. The molecule has 1 heterocycles. The van der Waals surface area contributed by atoms with E-state index < -0.39 is 6.10 Å². The van der Waals surface area contributed by atoms with Gasteiger partial charge in [0.15, 0.2) is 0 Å². The van der Waals surface area contributed by atoms with E-state index >= 15 is 0 Å². The summed E-state index contributed by atoms with van der Waals surface area (Å²) >= 11 is 1.60. The maximum atomic E-state index is 9.88. The molecule has 1 aromatic rings. The highest BCUT2D eigenvalue weighted by Crippen LogP contribution is 2.21. The van der Waals surface area contributed by atoms with Crippen LogP contribution in [0.15, 0.2) is 11.6 Å². The molecule has 0 aliphatic carbocycles. The first-order valence-electron chi connectivity index (χ1n) is 6.39. The minimum absolute atomic E-state index is 0.00776. The Morgan fingerprint density at radius 1 is 1.47 bits per heavy atom. The number of ether oxygens (including phenoxy) is 2. The van der Waals surface area contributed by atoms with Crippen molar-refractivity contribution in [1.82, 2.24) is 10.3 Å². The molecule has 0 unspecified atom stereocenters. The monoisotopic (exact) mass is 288 g/mol. The van der Waals surface area contributed by atoms with E-state index in [4.69, 9.17) is 9.47 Å². The molecule has 1 rings (SSSR count). The summed E-state index contributed by atoms with van der Waals surface area (Å²) in [5.74, 6) is 0. The molecule has 0 saturated heterocycles.